The fourth-order valence-electron chi connectivity index (χ4n) is 2.83. The van der Waals surface area contributed by atoms with Gasteiger partial charge in [-0.1, -0.05) is 76.5 Å². The number of aromatic amines is 1. The fraction of sp³-hybridized carbons (Fsp3) is 0.706. The number of aromatic nitrogens is 2. The number of alkyl halides is 6. The summed E-state index contributed by atoms with van der Waals surface area (Å²) in [6.07, 6.45) is -2.38. The van der Waals surface area contributed by atoms with Gasteiger partial charge in [0.15, 0.2) is 0 Å². The Morgan fingerprint density at radius 1 is 1.17 bits per heavy atom. The average Bonchev–Trinajstić information content (AvgIpc) is 3.13. The third kappa shape index (κ3) is 10.6. The predicted molar refractivity (Wildman–Crippen MR) is 131 cm³/mol. The molecule has 11 nitrogen and oxygen atoms in total. The van der Waals surface area contributed by atoms with E-state index in [1.807, 2.05) is 0 Å². The summed E-state index contributed by atoms with van der Waals surface area (Å²) in [6.45, 7) is -0.356. The second-order valence-corrected chi connectivity index (χ2v) is 14.0. The van der Waals surface area contributed by atoms with Gasteiger partial charge in [0.2, 0.25) is 13.4 Å². The number of carbonyl (C=O) groups is 1. The van der Waals surface area contributed by atoms with E-state index in [2.05, 4.69) is 0 Å². The Labute approximate surface area is 233 Å². The lowest BCUT2D eigenvalue weighted by atomic mass is 10.2. The smallest absolute Gasteiger partial charge is 0.459 e. The van der Waals surface area contributed by atoms with Crippen molar-refractivity contribution in [1.29, 1.82) is 0 Å². The first-order valence-electron chi connectivity index (χ1n) is 10.0. The van der Waals surface area contributed by atoms with Crippen LogP contribution in [0.1, 0.15) is 32.4 Å². The van der Waals surface area contributed by atoms with Crippen LogP contribution in [0.15, 0.2) is 15.8 Å². The maximum absolute atomic E-state index is 13.8. The molecular weight excluding hydrogens is 639 g/mol. The zero-order valence-corrected chi connectivity index (χ0v) is 23.7. The van der Waals surface area contributed by atoms with E-state index >= 15 is 0 Å². The summed E-state index contributed by atoms with van der Waals surface area (Å²) in [7, 11) is -4.56. The number of nitrogens with one attached hydrogen (secondary N) is 1. The number of hydrogen-bond donors (Lipinski definition) is 1. The molecule has 0 bridgehead atoms. The normalized spacial score (nSPS) is 21.1. The SMILES string of the molecule is CCCC(=O)OC1CC(n2cc(F)c(=O)[nH]c2=O)OC1COP(=O)(OCC(Cl)(Cl)Cl)OCC(Cl)(Cl)Cl. The number of phosphoric ester groups is 1. The van der Waals surface area contributed by atoms with Gasteiger partial charge in [-0.25, -0.2) is 9.36 Å². The van der Waals surface area contributed by atoms with Crippen LogP contribution in [-0.4, -0.2) is 55.1 Å². The van der Waals surface area contributed by atoms with Crippen LogP contribution in [0.5, 0.6) is 0 Å². The highest BCUT2D eigenvalue weighted by Crippen LogP contribution is 2.53. The minimum Gasteiger partial charge on any atom is -0.459 e. The van der Waals surface area contributed by atoms with Crippen molar-refractivity contribution < 1.29 is 36.8 Å². The zero-order chi connectivity index (χ0) is 27.3. The average molecular weight is 659 g/mol. The standard InChI is InChI=1S/C17H20Cl6FN2O9P/c1-2-3-13(27)35-10-4-12(26-5-9(24)14(28)25-15(26)29)34-11(10)6-31-36(30,32-7-16(18,19)20)33-8-17(21,22)23/h5,10-12H,2-4,6-8H2,1H3,(H,25,28,29). The molecule has 3 atom stereocenters. The Morgan fingerprint density at radius 2 is 1.75 bits per heavy atom. The first-order valence-corrected chi connectivity index (χ1v) is 13.8. The largest absolute Gasteiger partial charge is 0.475 e. The molecule has 1 aromatic rings. The second kappa shape index (κ2) is 13.3. The van der Waals surface area contributed by atoms with Crippen LogP contribution < -0.4 is 11.2 Å². The van der Waals surface area contributed by atoms with Gasteiger partial charge in [0.05, 0.1) is 12.8 Å². The molecule has 1 N–H and O–H groups in total. The number of hydrogen-bond acceptors (Lipinski definition) is 9. The second-order valence-electron chi connectivity index (χ2n) is 7.31. The molecule has 1 aliphatic heterocycles. The number of nitrogens with zero attached hydrogens (tertiary/aromatic N) is 1. The van der Waals surface area contributed by atoms with Crippen molar-refractivity contribution in [3.8, 4) is 0 Å². The van der Waals surface area contributed by atoms with E-state index in [1.54, 1.807) is 11.9 Å². The third-order valence-electron chi connectivity index (χ3n) is 4.32. The van der Waals surface area contributed by atoms with E-state index in [-0.39, 0.29) is 12.8 Å². The third-order valence-corrected chi connectivity index (χ3v) is 6.33. The molecule has 0 aliphatic carbocycles. The van der Waals surface area contributed by atoms with E-state index in [9.17, 15) is 23.3 Å². The molecular formula is C17H20Cl6FN2O9P. The summed E-state index contributed by atoms with van der Waals surface area (Å²) in [5.74, 6) is -1.85. The maximum Gasteiger partial charge on any atom is 0.475 e. The van der Waals surface area contributed by atoms with Crippen molar-refractivity contribution in [2.24, 2.45) is 0 Å². The Kier molecular flexibility index (Phi) is 11.9. The van der Waals surface area contributed by atoms with Gasteiger partial charge in [0, 0.05) is 12.8 Å². The Balaban J connectivity index is 2.24. The molecule has 19 heteroatoms. The summed E-state index contributed by atoms with van der Waals surface area (Å²) >= 11 is 33.7. The van der Waals surface area contributed by atoms with Crippen LogP contribution >= 0.6 is 77.4 Å². The number of carbonyl (C=O) groups excluding carboxylic acids is 1. The van der Waals surface area contributed by atoms with Crippen LogP contribution in [0.4, 0.5) is 4.39 Å². The summed E-state index contributed by atoms with van der Waals surface area (Å²) in [6, 6.07) is 0. The number of esters is 1. The van der Waals surface area contributed by atoms with Crippen LogP contribution in [-0.2, 0) is 32.4 Å². The summed E-state index contributed by atoms with van der Waals surface area (Å²) in [4.78, 5) is 37.4. The summed E-state index contributed by atoms with van der Waals surface area (Å²) in [5, 5.41) is 0. The summed E-state index contributed by atoms with van der Waals surface area (Å²) in [5.41, 5.74) is -2.20. The molecule has 0 aromatic carbocycles. The minimum absolute atomic E-state index is 0.0686. The van der Waals surface area contributed by atoms with Gasteiger partial charge < -0.3 is 9.47 Å². The van der Waals surface area contributed by atoms with Crippen molar-refractivity contribution in [2.75, 3.05) is 19.8 Å². The van der Waals surface area contributed by atoms with E-state index in [4.69, 9.17) is 92.7 Å². The Hall–Kier alpha value is -0.110. The minimum atomic E-state index is -4.56. The molecule has 1 aromatic heterocycles. The van der Waals surface area contributed by atoms with E-state index < -0.39 is 76.7 Å². The molecule has 0 amide bonds. The lowest BCUT2D eigenvalue weighted by Crippen LogP contribution is -2.34. The topological polar surface area (TPSA) is 135 Å². The van der Waals surface area contributed by atoms with Crippen molar-refractivity contribution in [2.45, 2.75) is 52.2 Å². The lowest BCUT2D eigenvalue weighted by Gasteiger charge is -2.24. The fourth-order valence-corrected chi connectivity index (χ4v) is 4.87. The molecule has 36 heavy (non-hydrogen) atoms. The van der Waals surface area contributed by atoms with Gasteiger partial charge in [-0.3, -0.25) is 32.7 Å². The first-order chi connectivity index (χ1) is 16.5. The van der Waals surface area contributed by atoms with Gasteiger partial charge in [0.25, 0.3) is 5.56 Å². The molecule has 0 radical (unpaired) electrons. The monoisotopic (exact) mass is 656 g/mol. The van der Waals surface area contributed by atoms with E-state index in [0.717, 1.165) is 4.57 Å². The number of phosphoric acid groups is 1. The van der Waals surface area contributed by atoms with Crippen LogP contribution in [0.2, 0.25) is 0 Å². The van der Waals surface area contributed by atoms with E-state index in [0.29, 0.717) is 12.6 Å². The van der Waals surface area contributed by atoms with Crippen molar-refractivity contribution in [1.82, 2.24) is 9.55 Å². The van der Waals surface area contributed by atoms with Gasteiger partial charge in [0.1, 0.15) is 31.6 Å². The number of rotatable bonds is 11. The highest BCUT2D eigenvalue weighted by atomic mass is 35.6. The number of halogens is 7. The zero-order valence-electron chi connectivity index (χ0n) is 18.3. The van der Waals surface area contributed by atoms with Crippen LogP contribution in [0, 0.1) is 5.82 Å². The van der Waals surface area contributed by atoms with Gasteiger partial charge in [-0.05, 0) is 6.42 Å². The molecule has 2 rings (SSSR count). The lowest BCUT2D eigenvalue weighted by molar-refractivity contribution is -0.153. The quantitative estimate of drug-likeness (QED) is 0.206. The van der Waals surface area contributed by atoms with E-state index in [1.165, 1.54) is 0 Å². The van der Waals surface area contributed by atoms with Crippen LogP contribution in [0.3, 0.4) is 0 Å². The highest BCUT2D eigenvalue weighted by molar-refractivity contribution is 7.48. The first kappa shape index (κ1) is 32.1. The molecule has 3 unspecified atom stereocenters. The molecule has 0 saturated carbocycles. The molecule has 2 heterocycles. The molecule has 1 aliphatic rings. The van der Waals surface area contributed by atoms with Gasteiger partial charge in [-0.2, -0.15) is 4.39 Å². The number of H-pyrrole nitrogens is 1. The van der Waals surface area contributed by atoms with Crippen molar-refractivity contribution in [3.63, 3.8) is 0 Å². The Morgan fingerprint density at radius 3 is 2.28 bits per heavy atom. The molecule has 1 saturated heterocycles. The van der Waals surface area contributed by atoms with Crippen molar-refractivity contribution >= 4 is 83.4 Å². The summed E-state index contributed by atoms with van der Waals surface area (Å²) < 4.78 is 49.9. The van der Waals surface area contributed by atoms with Gasteiger partial charge in [-0.15, -0.1) is 0 Å². The molecule has 206 valence electrons. The van der Waals surface area contributed by atoms with Gasteiger partial charge >= 0.3 is 19.5 Å². The molecule has 0 spiro atoms. The van der Waals surface area contributed by atoms with Crippen LogP contribution in [0.25, 0.3) is 0 Å². The highest BCUT2D eigenvalue weighted by Gasteiger charge is 2.43. The maximum atomic E-state index is 13.8. The predicted octanol–water partition coefficient (Wildman–Crippen LogP) is 4.57. The molecule has 1 fully saturated rings. The number of ether oxygens (including phenoxy) is 2. The van der Waals surface area contributed by atoms with Crippen molar-refractivity contribution in [3.05, 3.63) is 32.9 Å². The Bertz CT molecular complexity index is 1050.